The largest absolute Gasteiger partial charge is 0.345 e. The van der Waals surface area contributed by atoms with Gasteiger partial charge in [0.1, 0.15) is 0 Å². The monoisotopic (exact) mass is 204 g/mol. The highest BCUT2D eigenvalue weighted by Crippen LogP contribution is 2.18. The van der Waals surface area contributed by atoms with Gasteiger partial charge in [0.15, 0.2) is 5.82 Å². The minimum Gasteiger partial charge on any atom is -0.303 e. The zero-order valence-electron chi connectivity index (χ0n) is 8.12. The lowest BCUT2D eigenvalue weighted by Gasteiger charge is -2.02. The summed E-state index contributed by atoms with van der Waals surface area (Å²) in [4.78, 5) is 16.6. The fourth-order valence-electron chi connectivity index (χ4n) is 1.31. The molecule has 3 nitrogen and oxygen atoms in total. The second kappa shape index (κ2) is 3.65. The summed E-state index contributed by atoms with van der Waals surface area (Å²) in [6.07, 6.45) is 0.925. The molecule has 0 saturated heterocycles. The third-order valence-corrected chi connectivity index (χ3v) is 2.11. The van der Waals surface area contributed by atoms with Gasteiger partial charge in [-0.2, -0.15) is 4.98 Å². The third-order valence-electron chi connectivity index (χ3n) is 2.11. The molecule has 0 bridgehead atoms. The molecule has 1 aromatic heterocycles. The van der Waals surface area contributed by atoms with Crippen LogP contribution in [0.4, 0.5) is 4.39 Å². The quantitative estimate of drug-likeness (QED) is 0.770. The van der Waals surface area contributed by atoms with E-state index in [4.69, 9.17) is 0 Å². The van der Waals surface area contributed by atoms with E-state index in [1.165, 1.54) is 0 Å². The van der Waals surface area contributed by atoms with Crippen LogP contribution < -0.4 is 5.69 Å². The first kappa shape index (κ1) is 9.58. The van der Waals surface area contributed by atoms with Crippen molar-refractivity contribution in [2.45, 2.75) is 6.92 Å². The van der Waals surface area contributed by atoms with E-state index in [-0.39, 0.29) is 5.69 Å². The molecule has 2 rings (SSSR count). The summed E-state index contributed by atoms with van der Waals surface area (Å²) < 4.78 is 13.3. The molecule has 0 aliphatic carbocycles. The molecule has 0 unspecified atom stereocenters. The van der Waals surface area contributed by atoms with Crippen molar-refractivity contribution in [2.75, 3.05) is 0 Å². The lowest BCUT2D eigenvalue weighted by molar-refractivity contribution is 0.615. The number of H-pyrrole nitrogens is 1. The summed E-state index contributed by atoms with van der Waals surface area (Å²) in [7, 11) is 0. The van der Waals surface area contributed by atoms with Crippen molar-refractivity contribution in [3.8, 4) is 11.3 Å². The van der Waals surface area contributed by atoms with E-state index < -0.39 is 11.5 Å². The average Bonchev–Trinajstić information content (AvgIpc) is 2.23. The molecule has 0 radical (unpaired) electrons. The molecule has 0 atom stereocenters. The minimum absolute atomic E-state index is 0.176. The first-order valence-electron chi connectivity index (χ1n) is 4.48. The predicted molar refractivity (Wildman–Crippen MR) is 55.0 cm³/mol. The Kier molecular flexibility index (Phi) is 2.33. The second-order valence-electron chi connectivity index (χ2n) is 3.28. The van der Waals surface area contributed by atoms with Crippen molar-refractivity contribution in [2.24, 2.45) is 0 Å². The fraction of sp³-hybridized carbons (Fsp3) is 0.0909. The van der Waals surface area contributed by atoms with Crippen LogP contribution in [-0.2, 0) is 0 Å². The molecular weight excluding hydrogens is 195 g/mol. The van der Waals surface area contributed by atoms with E-state index >= 15 is 0 Å². The third kappa shape index (κ3) is 1.93. The molecular formula is C11H9FN2O. The maximum absolute atomic E-state index is 13.3. The second-order valence-corrected chi connectivity index (χ2v) is 3.28. The zero-order chi connectivity index (χ0) is 10.8. The van der Waals surface area contributed by atoms with Crippen molar-refractivity contribution in [3.63, 3.8) is 0 Å². The number of halogens is 1. The number of aromatic nitrogens is 2. The van der Waals surface area contributed by atoms with E-state index in [0.29, 0.717) is 5.56 Å². The molecule has 1 N–H and O–H groups in total. The highest BCUT2D eigenvalue weighted by Gasteiger charge is 2.05. The Bertz CT molecular complexity index is 531. The molecule has 76 valence electrons. The Morgan fingerprint density at radius 2 is 1.93 bits per heavy atom. The van der Waals surface area contributed by atoms with Gasteiger partial charge in [0.25, 0.3) is 0 Å². The lowest BCUT2D eigenvalue weighted by Crippen LogP contribution is -2.11. The van der Waals surface area contributed by atoms with Gasteiger partial charge in [-0.1, -0.05) is 29.8 Å². The molecule has 15 heavy (non-hydrogen) atoms. The Morgan fingerprint density at radius 3 is 2.60 bits per heavy atom. The Morgan fingerprint density at radius 1 is 1.27 bits per heavy atom. The topological polar surface area (TPSA) is 45.8 Å². The molecule has 0 aliphatic heterocycles. The molecule has 1 aromatic carbocycles. The summed E-state index contributed by atoms with van der Waals surface area (Å²) in [5.41, 5.74) is 1.34. The minimum atomic E-state index is -0.549. The standard InChI is InChI=1S/C11H9FN2O/c1-7-2-4-8(5-3-7)10-9(12)6-13-11(15)14-10/h2-6H,1H3,(H,13,14,15). The number of rotatable bonds is 1. The molecule has 0 amide bonds. The number of nitrogens with one attached hydrogen (secondary N) is 1. The number of aromatic amines is 1. The van der Waals surface area contributed by atoms with Crippen molar-refractivity contribution in [3.05, 3.63) is 52.3 Å². The fourth-order valence-corrected chi connectivity index (χ4v) is 1.31. The van der Waals surface area contributed by atoms with Crippen molar-refractivity contribution in [1.82, 2.24) is 9.97 Å². The summed E-state index contributed by atoms with van der Waals surface area (Å²) in [6, 6.07) is 7.22. The van der Waals surface area contributed by atoms with Crippen LogP contribution in [-0.4, -0.2) is 9.97 Å². The van der Waals surface area contributed by atoms with Crippen LogP contribution in [0.5, 0.6) is 0 Å². The molecule has 0 aliphatic rings. The number of hydrogen-bond acceptors (Lipinski definition) is 2. The maximum Gasteiger partial charge on any atom is 0.345 e. The zero-order valence-corrected chi connectivity index (χ0v) is 8.12. The highest BCUT2D eigenvalue weighted by atomic mass is 19.1. The van der Waals surface area contributed by atoms with Gasteiger partial charge >= 0.3 is 5.69 Å². The normalized spacial score (nSPS) is 10.3. The van der Waals surface area contributed by atoms with E-state index in [1.807, 2.05) is 19.1 Å². The van der Waals surface area contributed by atoms with Gasteiger partial charge in [-0.15, -0.1) is 0 Å². The Labute approximate surface area is 85.6 Å². The van der Waals surface area contributed by atoms with E-state index in [2.05, 4.69) is 9.97 Å². The summed E-state index contributed by atoms with van der Waals surface area (Å²) in [5.74, 6) is -0.529. The van der Waals surface area contributed by atoms with Crippen LogP contribution >= 0.6 is 0 Å². The first-order chi connectivity index (χ1) is 7.16. The summed E-state index contributed by atoms with van der Waals surface area (Å²) >= 11 is 0. The summed E-state index contributed by atoms with van der Waals surface area (Å²) in [6.45, 7) is 1.94. The van der Waals surface area contributed by atoms with E-state index in [1.54, 1.807) is 12.1 Å². The molecule has 4 heteroatoms. The predicted octanol–water partition coefficient (Wildman–Crippen LogP) is 1.88. The van der Waals surface area contributed by atoms with Gasteiger partial charge in [-0.3, -0.25) is 0 Å². The van der Waals surface area contributed by atoms with Crippen LogP contribution in [0.2, 0.25) is 0 Å². The van der Waals surface area contributed by atoms with Gasteiger partial charge in [0.05, 0.1) is 11.9 Å². The van der Waals surface area contributed by atoms with E-state index in [0.717, 1.165) is 11.8 Å². The number of aryl methyl sites for hydroxylation is 1. The number of nitrogens with zero attached hydrogens (tertiary/aromatic N) is 1. The van der Waals surface area contributed by atoms with Crippen LogP contribution in [0, 0.1) is 12.7 Å². The van der Waals surface area contributed by atoms with Gasteiger partial charge < -0.3 is 4.98 Å². The van der Waals surface area contributed by atoms with Crippen molar-refractivity contribution < 1.29 is 4.39 Å². The van der Waals surface area contributed by atoms with Gasteiger partial charge in [0, 0.05) is 5.56 Å². The molecule has 0 saturated carbocycles. The van der Waals surface area contributed by atoms with Crippen LogP contribution in [0.1, 0.15) is 5.56 Å². The first-order valence-corrected chi connectivity index (χ1v) is 4.48. The Hall–Kier alpha value is -1.97. The maximum atomic E-state index is 13.3. The van der Waals surface area contributed by atoms with Crippen LogP contribution in [0.3, 0.4) is 0 Å². The lowest BCUT2D eigenvalue weighted by atomic mass is 10.1. The molecule has 0 fully saturated rings. The SMILES string of the molecule is Cc1ccc(-c2[nH]c(=O)ncc2F)cc1. The molecule has 0 spiro atoms. The smallest absolute Gasteiger partial charge is 0.303 e. The van der Waals surface area contributed by atoms with Gasteiger partial charge in [-0.25, -0.2) is 9.18 Å². The molecule has 2 aromatic rings. The van der Waals surface area contributed by atoms with Gasteiger partial charge in [-0.05, 0) is 6.92 Å². The van der Waals surface area contributed by atoms with Crippen molar-refractivity contribution in [1.29, 1.82) is 0 Å². The number of hydrogen-bond donors (Lipinski definition) is 1. The van der Waals surface area contributed by atoms with Crippen LogP contribution in [0.25, 0.3) is 11.3 Å². The summed E-state index contributed by atoms with van der Waals surface area (Å²) in [5, 5.41) is 0. The molecule has 1 heterocycles. The Balaban J connectivity index is 2.58. The van der Waals surface area contributed by atoms with Crippen LogP contribution in [0.15, 0.2) is 35.3 Å². The van der Waals surface area contributed by atoms with Crippen molar-refractivity contribution >= 4 is 0 Å². The average molecular weight is 204 g/mol. The number of benzene rings is 1. The van der Waals surface area contributed by atoms with Gasteiger partial charge in [0.2, 0.25) is 0 Å². The highest BCUT2D eigenvalue weighted by molar-refractivity contribution is 5.59. The van der Waals surface area contributed by atoms with E-state index in [9.17, 15) is 9.18 Å².